The van der Waals surface area contributed by atoms with Crippen LogP contribution in [0.1, 0.15) is 13.8 Å². The predicted molar refractivity (Wildman–Crippen MR) is 37.7 cm³/mol. The van der Waals surface area contributed by atoms with Gasteiger partial charge in [-0.15, -0.1) is 0 Å². The lowest BCUT2D eigenvalue weighted by atomic mass is 10.2. The molecule has 1 atom stereocenters. The minimum absolute atomic E-state index is 0.154. The van der Waals surface area contributed by atoms with E-state index in [1.165, 1.54) is 0 Å². The van der Waals surface area contributed by atoms with E-state index < -0.39 is 11.9 Å². The fraction of sp³-hybridized carbons (Fsp3) is 0.667. The number of ether oxygens (including phenoxy) is 1. The Morgan fingerprint density at radius 3 is 2.60 bits per heavy atom. The highest BCUT2D eigenvalue weighted by Crippen LogP contribution is 1.96. The molecule has 0 aromatic carbocycles. The average Bonchev–Trinajstić information content (AvgIpc) is 1.87. The number of hydrogen-bond donors (Lipinski definition) is 2. The molecule has 10 heavy (non-hydrogen) atoms. The van der Waals surface area contributed by atoms with Gasteiger partial charge in [0.1, 0.15) is 11.8 Å². The first-order valence-electron chi connectivity index (χ1n) is 3.10. The standard InChI is InChI=1S/C6H12N2O2/c1-3-10-6(9)4(2)5(7)8/h4H,3H2,1-2H3,(H3,7,8). The molecule has 0 radical (unpaired) electrons. The van der Waals surface area contributed by atoms with E-state index in [4.69, 9.17) is 11.1 Å². The fourth-order valence-corrected chi connectivity index (χ4v) is 0.394. The highest BCUT2D eigenvalue weighted by molar-refractivity contribution is 5.97. The minimum Gasteiger partial charge on any atom is -0.465 e. The summed E-state index contributed by atoms with van der Waals surface area (Å²) in [5.41, 5.74) is 5.05. The van der Waals surface area contributed by atoms with Crippen LogP contribution < -0.4 is 5.73 Å². The van der Waals surface area contributed by atoms with Crippen molar-refractivity contribution < 1.29 is 9.53 Å². The third-order valence-corrected chi connectivity index (χ3v) is 1.11. The highest BCUT2D eigenvalue weighted by atomic mass is 16.5. The number of esters is 1. The number of nitrogens with one attached hydrogen (secondary N) is 1. The molecule has 3 N–H and O–H groups in total. The molecule has 0 heterocycles. The van der Waals surface area contributed by atoms with E-state index in [2.05, 4.69) is 4.74 Å². The first-order valence-corrected chi connectivity index (χ1v) is 3.10. The normalized spacial score (nSPS) is 12.2. The van der Waals surface area contributed by atoms with Crippen LogP contribution in [-0.4, -0.2) is 18.4 Å². The van der Waals surface area contributed by atoms with Gasteiger partial charge in [-0.2, -0.15) is 0 Å². The summed E-state index contributed by atoms with van der Waals surface area (Å²) in [6, 6.07) is 0. The third kappa shape index (κ3) is 2.48. The molecule has 0 fully saturated rings. The van der Waals surface area contributed by atoms with Gasteiger partial charge in [-0.25, -0.2) is 0 Å². The van der Waals surface area contributed by atoms with Gasteiger partial charge in [0.05, 0.1) is 6.61 Å². The highest BCUT2D eigenvalue weighted by Gasteiger charge is 2.15. The molecule has 1 unspecified atom stereocenters. The van der Waals surface area contributed by atoms with Gasteiger partial charge in [-0.1, -0.05) is 0 Å². The van der Waals surface area contributed by atoms with Gasteiger partial charge >= 0.3 is 5.97 Å². The van der Waals surface area contributed by atoms with E-state index in [1.807, 2.05) is 0 Å². The lowest BCUT2D eigenvalue weighted by Crippen LogP contribution is -2.28. The minimum atomic E-state index is -0.611. The number of nitrogens with two attached hydrogens (primary N) is 1. The molecule has 0 aliphatic heterocycles. The Bertz CT molecular complexity index is 145. The van der Waals surface area contributed by atoms with Crippen molar-refractivity contribution in [3.63, 3.8) is 0 Å². The van der Waals surface area contributed by atoms with Crippen LogP contribution >= 0.6 is 0 Å². The molecule has 0 aromatic rings. The fourth-order valence-electron chi connectivity index (χ4n) is 0.394. The summed E-state index contributed by atoms with van der Waals surface area (Å²) < 4.78 is 4.61. The molecule has 0 spiro atoms. The van der Waals surface area contributed by atoms with Crippen molar-refractivity contribution in [2.45, 2.75) is 13.8 Å². The van der Waals surface area contributed by atoms with Gasteiger partial charge in [0.2, 0.25) is 0 Å². The Kier molecular flexibility index (Phi) is 3.46. The summed E-state index contributed by atoms with van der Waals surface area (Å²) in [6.07, 6.45) is 0. The lowest BCUT2D eigenvalue weighted by molar-refractivity contribution is -0.145. The number of carbonyl (C=O) groups excluding carboxylic acids is 1. The van der Waals surface area contributed by atoms with E-state index in [0.717, 1.165) is 0 Å². The monoisotopic (exact) mass is 144 g/mol. The molecular weight excluding hydrogens is 132 g/mol. The number of rotatable bonds is 3. The number of carbonyl (C=O) groups is 1. The van der Waals surface area contributed by atoms with Crippen molar-refractivity contribution in [2.24, 2.45) is 11.7 Å². The van der Waals surface area contributed by atoms with E-state index >= 15 is 0 Å². The maximum Gasteiger partial charge on any atom is 0.316 e. The summed E-state index contributed by atoms with van der Waals surface area (Å²) >= 11 is 0. The summed E-state index contributed by atoms with van der Waals surface area (Å²) in [5, 5.41) is 6.89. The largest absolute Gasteiger partial charge is 0.465 e. The van der Waals surface area contributed by atoms with Gasteiger partial charge in [-0.3, -0.25) is 10.2 Å². The van der Waals surface area contributed by atoms with Gasteiger partial charge < -0.3 is 10.5 Å². The van der Waals surface area contributed by atoms with Crippen molar-refractivity contribution in [1.82, 2.24) is 0 Å². The Labute approximate surface area is 59.9 Å². The Morgan fingerprint density at radius 1 is 1.80 bits per heavy atom. The van der Waals surface area contributed by atoms with Gasteiger partial charge in [-0.05, 0) is 13.8 Å². The van der Waals surface area contributed by atoms with Crippen molar-refractivity contribution >= 4 is 11.8 Å². The van der Waals surface area contributed by atoms with Crippen LogP contribution in [0.3, 0.4) is 0 Å². The SMILES string of the molecule is CCOC(=O)C(C)C(=N)N. The first kappa shape index (κ1) is 8.94. The molecule has 0 rings (SSSR count). The van der Waals surface area contributed by atoms with Crippen molar-refractivity contribution in [1.29, 1.82) is 5.41 Å². The third-order valence-electron chi connectivity index (χ3n) is 1.11. The maximum absolute atomic E-state index is 10.7. The van der Waals surface area contributed by atoms with Crippen LogP contribution in [0.2, 0.25) is 0 Å². The molecule has 0 saturated heterocycles. The van der Waals surface area contributed by atoms with Gasteiger partial charge in [0, 0.05) is 0 Å². The van der Waals surface area contributed by atoms with Gasteiger partial charge in [0.15, 0.2) is 0 Å². The Balaban J connectivity index is 3.82. The number of amidine groups is 1. The Hall–Kier alpha value is -1.06. The van der Waals surface area contributed by atoms with Crippen LogP contribution in [-0.2, 0) is 9.53 Å². The van der Waals surface area contributed by atoms with Crippen LogP contribution in [0.15, 0.2) is 0 Å². The molecule has 0 aliphatic carbocycles. The van der Waals surface area contributed by atoms with Crippen LogP contribution in [0.25, 0.3) is 0 Å². The van der Waals surface area contributed by atoms with Crippen molar-refractivity contribution in [3.05, 3.63) is 0 Å². The topological polar surface area (TPSA) is 76.2 Å². The number of hydrogen-bond acceptors (Lipinski definition) is 3. The molecule has 0 aliphatic rings. The molecule has 0 saturated carbocycles. The second-order valence-corrected chi connectivity index (χ2v) is 1.93. The zero-order valence-electron chi connectivity index (χ0n) is 6.18. The first-order chi connectivity index (χ1) is 4.59. The molecule has 0 amide bonds. The molecule has 0 bridgehead atoms. The zero-order chi connectivity index (χ0) is 8.15. The summed E-state index contributed by atoms with van der Waals surface area (Å²) in [4.78, 5) is 10.7. The molecule has 58 valence electrons. The summed E-state index contributed by atoms with van der Waals surface area (Å²) in [5.74, 6) is -1.20. The second kappa shape index (κ2) is 3.87. The van der Waals surface area contributed by atoms with Crippen molar-refractivity contribution in [2.75, 3.05) is 6.61 Å². The maximum atomic E-state index is 10.7. The smallest absolute Gasteiger partial charge is 0.316 e. The van der Waals surface area contributed by atoms with E-state index in [9.17, 15) is 4.79 Å². The van der Waals surface area contributed by atoms with Gasteiger partial charge in [0.25, 0.3) is 0 Å². The van der Waals surface area contributed by atoms with Crippen LogP contribution in [0.4, 0.5) is 0 Å². The van der Waals surface area contributed by atoms with Crippen LogP contribution in [0.5, 0.6) is 0 Å². The molecule has 4 heteroatoms. The predicted octanol–water partition coefficient (Wildman–Crippen LogP) is 0.122. The summed E-state index contributed by atoms with van der Waals surface area (Å²) in [6.45, 7) is 3.58. The van der Waals surface area contributed by atoms with Crippen molar-refractivity contribution in [3.8, 4) is 0 Å². The average molecular weight is 144 g/mol. The van der Waals surface area contributed by atoms with E-state index in [-0.39, 0.29) is 5.84 Å². The van der Waals surface area contributed by atoms with E-state index in [0.29, 0.717) is 6.61 Å². The second-order valence-electron chi connectivity index (χ2n) is 1.93. The van der Waals surface area contributed by atoms with E-state index in [1.54, 1.807) is 13.8 Å². The quantitative estimate of drug-likeness (QED) is 0.335. The molecular formula is C6H12N2O2. The van der Waals surface area contributed by atoms with Crippen LogP contribution in [0, 0.1) is 11.3 Å². The summed E-state index contributed by atoms with van der Waals surface area (Å²) in [7, 11) is 0. The molecule has 0 aromatic heterocycles. The Morgan fingerprint density at radius 2 is 2.30 bits per heavy atom. The zero-order valence-corrected chi connectivity index (χ0v) is 6.18. The molecule has 4 nitrogen and oxygen atoms in total. The lowest BCUT2D eigenvalue weighted by Gasteiger charge is -2.06.